The van der Waals surface area contributed by atoms with E-state index in [1.165, 1.54) is 0 Å². The van der Waals surface area contributed by atoms with Crippen molar-refractivity contribution in [1.29, 1.82) is 0 Å². The van der Waals surface area contributed by atoms with Gasteiger partial charge in [-0.1, -0.05) is 42.8 Å². The quantitative estimate of drug-likeness (QED) is 0.552. The summed E-state index contributed by atoms with van der Waals surface area (Å²) in [6.07, 6.45) is 0.799. The van der Waals surface area contributed by atoms with Crippen molar-refractivity contribution in [2.45, 2.75) is 13.3 Å². The maximum absolute atomic E-state index is 6.02. The highest BCUT2D eigenvalue weighted by Gasteiger charge is 2.04. The third-order valence-electron chi connectivity index (χ3n) is 3.18. The SMILES string of the molecule is CCC(=NNc1nc2ccccc2[nH]1)c1cccc(Cl)c1. The van der Waals surface area contributed by atoms with E-state index in [1.54, 1.807) is 0 Å². The van der Waals surface area contributed by atoms with Crippen LogP contribution in [0.15, 0.2) is 53.6 Å². The molecule has 0 fully saturated rings. The normalized spacial score (nSPS) is 11.8. The first kappa shape index (κ1) is 13.6. The lowest BCUT2D eigenvalue weighted by Crippen LogP contribution is -2.03. The van der Waals surface area contributed by atoms with Crippen LogP contribution in [0.1, 0.15) is 18.9 Å². The maximum atomic E-state index is 6.02. The van der Waals surface area contributed by atoms with Crippen LogP contribution in [0.2, 0.25) is 5.02 Å². The Bertz CT molecular complexity index is 759. The van der Waals surface area contributed by atoms with Crippen molar-refractivity contribution in [3.05, 3.63) is 59.1 Å². The average molecular weight is 299 g/mol. The molecule has 0 saturated heterocycles. The average Bonchev–Trinajstić information content (AvgIpc) is 2.91. The van der Waals surface area contributed by atoms with Gasteiger partial charge in [0.15, 0.2) is 0 Å². The van der Waals surface area contributed by atoms with E-state index in [0.717, 1.165) is 28.7 Å². The highest BCUT2D eigenvalue weighted by Crippen LogP contribution is 2.15. The molecule has 2 aromatic carbocycles. The van der Waals surface area contributed by atoms with Crippen LogP contribution in [-0.2, 0) is 0 Å². The molecular weight excluding hydrogens is 284 g/mol. The van der Waals surface area contributed by atoms with E-state index >= 15 is 0 Å². The molecule has 1 heterocycles. The molecule has 0 bridgehead atoms. The molecule has 3 rings (SSSR count). The Morgan fingerprint density at radius 1 is 1.24 bits per heavy atom. The number of fused-ring (bicyclic) bond motifs is 1. The third-order valence-corrected chi connectivity index (χ3v) is 3.41. The predicted molar refractivity (Wildman–Crippen MR) is 88.0 cm³/mol. The van der Waals surface area contributed by atoms with Crippen LogP contribution < -0.4 is 5.43 Å². The van der Waals surface area contributed by atoms with Crippen molar-refractivity contribution in [2.75, 3.05) is 5.43 Å². The Balaban J connectivity index is 1.85. The van der Waals surface area contributed by atoms with E-state index in [4.69, 9.17) is 11.6 Å². The van der Waals surface area contributed by atoms with Crippen LogP contribution in [0.5, 0.6) is 0 Å². The summed E-state index contributed by atoms with van der Waals surface area (Å²) in [6.45, 7) is 2.06. The zero-order chi connectivity index (χ0) is 14.7. The summed E-state index contributed by atoms with van der Waals surface area (Å²) in [5.74, 6) is 0.629. The minimum absolute atomic E-state index is 0.629. The van der Waals surface area contributed by atoms with Gasteiger partial charge in [-0.2, -0.15) is 5.10 Å². The summed E-state index contributed by atoms with van der Waals surface area (Å²) in [4.78, 5) is 7.61. The zero-order valence-electron chi connectivity index (χ0n) is 11.6. The number of nitrogens with zero attached hydrogens (tertiary/aromatic N) is 2. The van der Waals surface area contributed by atoms with E-state index in [2.05, 4.69) is 27.4 Å². The van der Waals surface area contributed by atoms with Crippen LogP contribution in [0.4, 0.5) is 5.95 Å². The molecule has 1 aromatic heterocycles. The van der Waals surface area contributed by atoms with Crippen molar-refractivity contribution < 1.29 is 0 Å². The van der Waals surface area contributed by atoms with Gasteiger partial charge in [-0.15, -0.1) is 0 Å². The van der Waals surface area contributed by atoms with E-state index in [-0.39, 0.29) is 0 Å². The maximum Gasteiger partial charge on any atom is 0.222 e. The minimum Gasteiger partial charge on any atom is -0.323 e. The molecule has 106 valence electrons. The topological polar surface area (TPSA) is 53.1 Å². The van der Waals surface area contributed by atoms with Gasteiger partial charge in [0.2, 0.25) is 5.95 Å². The Hall–Kier alpha value is -2.33. The van der Waals surface area contributed by atoms with Crippen molar-refractivity contribution in [3.8, 4) is 0 Å². The van der Waals surface area contributed by atoms with E-state index in [9.17, 15) is 0 Å². The van der Waals surface area contributed by atoms with Gasteiger partial charge >= 0.3 is 0 Å². The van der Waals surface area contributed by atoms with Gasteiger partial charge in [-0.25, -0.2) is 10.4 Å². The van der Waals surface area contributed by atoms with E-state index in [0.29, 0.717) is 11.0 Å². The van der Waals surface area contributed by atoms with Gasteiger partial charge in [-0.3, -0.25) is 0 Å². The number of nitrogens with one attached hydrogen (secondary N) is 2. The number of hydrogen-bond donors (Lipinski definition) is 2. The summed E-state index contributed by atoms with van der Waals surface area (Å²) in [5, 5.41) is 5.14. The van der Waals surface area contributed by atoms with Gasteiger partial charge in [-0.05, 0) is 36.2 Å². The van der Waals surface area contributed by atoms with Crippen molar-refractivity contribution >= 4 is 34.3 Å². The zero-order valence-corrected chi connectivity index (χ0v) is 12.4. The molecule has 0 amide bonds. The van der Waals surface area contributed by atoms with Crippen LogP contribution in [-0.4, -0.2) is 15.7 Å². The van der Waals surface area contributed by atoms with Gasteiger partial charge < -0.3 is 4.98 Å². The summed E-state index contributed by atoms with van der Waals surface area (Å²) in [7, 11) is 0. The molecular formula is C16H15ClN4. The fourth-order valence-corrected chi connectivity index (χ4v) is 2.33. The molecule has 3 aromatic rings. The first-order valence-corrected chi connectivity index (χ1v) is 7.17. The summed E-state index contributed by atoms with van der Waals surface area (Å²) in [5.41, 5.74) is 6.81. The lowest BCUT2D eigenvalue weighted by atomic mass is 10.1. The van der Waals surface area contributed by atoms with E-state index < -0.39 is 0 Å². The number of halogens is 1. The highest BCUT2D eigenvalue weighted by atomic mass is 35.5. The highest BCUT2D eigenvalue weighted by molar-refractivity contribution is 6.31. The van der Waals surface area contributed by atoms with Crippen molar-refractivity contribution in [1.82, 2.24) is 9.97 Å². The summed E-state index contributed by atoms with van der Waals surface area (Å²) < 4.78 is 0. The second kappa shape index (κ2) is 5.97. The first-order valence-electron chi connectivity index (χ1n) is 6.79. The van der Waals surface area contributed by atoms with Crippen LogP contribution in [0.3, 0.4) is 0 Å². The fourth-order valence-electron chi connectivity index (χ4n) is 2.14. The molecule has 0 radical (unpaired) electrons. The number of hydrazone groups is 1. The smallest absolute Gasteiger partial charge is 0.222 e. The minimum atomic E-state index is 0.629. The molecule has 0 saturated carbocycles. The second-order valence-electron chi connectivity index (χ2n) is 4.64. The number of imidazole rings is 1. The molecule has 0 atom stereocenters. The molecule has 0 aliphatic heterocycles. The number of benzene rings is 2. The molecule has 4 nitrogen and oxygen atoms in total. The number of hydrogen-bond acceptors (Lipinski definition) is 3. The first-order chi connectivity index (χ1) is 10.3. The largest absolute Gasteiger partial charge is 0.323 e. The van der Waals surface area contributed by atoms with E-state index in [1.807, 2.05) is 48.5 Å². The number of anilines is 1. The standard InChI is InChI=1S/C16H15ClN4/c1-2-13(11-6-5-7-12(17)10-11)20-21-16-18-14-8-3-4-9-15(14)19-16/h3-10H,2H2,1H3,(H2,18,19,21). The Morgan fingerprint density at radius 2 is 2.10 bits per heavy atom. The molecule has 2 N–H and O–H groups in total. The Morgan fingerprint density at radius 3 is 2.86 bits per heavy atom. The lowest BCUT2D eigenvalue weighted by Gasteiger charge is -2.04. The monoisotopic (exact) mass is 298 g/mol. The predicted octanol–water partition coefficient (Wildman–Crippen LogP) is 4.44. The van der Waals surface area contributed by atoms with Crippen molar-refractivity contribution in [2.24, 2.45) is 5.10 Å². The van der Waals surface area contributed by atoms with Gasteiger partial charge in [0.05, 0.1) is 16.7 Å². The number of rotatable bonds is 4. The van der Waals surface area contributed by atoms with Crippen molar-refractivity contribution in [3.63, 3.8) is 0 Å². The molecule has 0 aliphatic rings. The number of aromatic amines is 1. The van der Waals surface area contributed by atoms with Crippen LogP contribution in [0, 0.1) is 0 Å². The number of para-hydroxylation sites is 2. The van der Waals surface area contributed by atoms with Gasteiger partial charge in [0, 0.05) is 5.02 Å². The van der Waals surface area contributed by atoms with Crippen LogP contribution in [0.25, 0.3) is 11.0 Å². The molecule has 21 heavy (non-hydrogen) atoms. The Kier molecular flexibility index (Phi) is 3.88. The summed E-state index contributed by atoms with van der Waals surface area (Å²) in [6, 6.07) is 15.5. The molecule has 0 aliphatic carbocycles. The fraction of sp³-hybridized carbons (Fsp3) is 0.125. The lowest BCUT2D eigenvalue weighted by molar-refractivity contribution is 1.17. The van der Waals surface area contributed by atoms with Gasteiger partial charge in [0.25, 0.3) is 0 Å². The molecule has 0 spiro atoms. The number of aromatic nitrogens is 2. The number of H-pyrrole nitrogens is 1. The molecule has 5 heteroatoms. The van der Waals surface area contributed by atoms with Crippen LogP contribution >= 0.6 is 11.6 Å². The second-order valence-corrected chi connectivity index (χ2v) is 5.07. The molecule has 0 unspecified atom stereocenters. The third kappa shape index (κ3) is 3.06. The summed E-state index contributed by atoms with van der Waals surface area (Å²) >= 11 is 6.02. The van der Waals surface area contributed by atoms with Gasteiger partial charge in [0.1, 0.15) is 0 Å². The Labute approximate surface area is 127 Å².